The number of aryl methyl sites for hydroxylation is 2. The van der Waals surface area contributed by atoms with Gasteiger partial charge in [-0.05, 0) is 45.0 Å². The van der Waals surface area contributed by atoms with Gasteiger partial charge in [0.2, 0.25) is 0 Å². The van der Waals surface area contributed by atoms with Crippen LogP contribution in [0.15, 0.2) is 18.2 Å². The van der Waals surface area contributed by atoms with Crippen LogP contribution in [0.5, 0.6) is 0 Å². The first kappa shape index (κ1) is 15.5. The van der Waals surface area contributed by atoms with E-state index in [1.54, 1.807) is 0 Å². The number of benzene rings is 1. The van der Waals surface area contributed by atoms with Gasteiger partial charge in [-0.25, -0.2) is 0 Å². The first-order valence-electron chi connectivity index (χ1n) is 7.74. The van der Waals surface area contributed by atoms with Gasteiger partial charge in [0.1, 0.15) is 0 Å². The maximum atomic E-state index is 6.05. The van der Waals surface area contributed by atoms with Crippen LogP contribution in [0.1, 0.15) is 36.1 Å². The first-order valence-corrected chi connectivity index (χ1v) is 7.74. The van der Waals surface area contributed by atoms with Crippen molar-refractivity contribution in [3.05, 3.63) is 34.9 Å². The van der Waals surface area contributed by atoms with E-state index >= 15 is 0 Å². The molecule has 20 heavy (non-hydrogen) atoms. The van der Waals surface area contributed by atoms with Gasteiger partial charge in [-0.3, -0.25) is 4.90 Å². The Morgan fingerprint density at radius 1 is 1.35 bits per heavy atom. The molecule has 1 aliphatic rings. The molecule has 1 aliphatic heterocycles. The van der Waals surface area contributed by atoms with Crippen molar-refractivity contribution >= 4 is 0 Å². The zero-order chi connectivity index (χ0) is 14.5. The SMILES string of the molecule is CCCN1CCOC(CNC)C1c1cc(C)ccc1C. The smallest absolute Gasteiger partial charge is 0.0896 e. The first-order chi connectivity index (χ1) is 9.67. The molecular formula is C17H28N2O. The molecule has 3 nitrogen and oxygen atoms in total. The Labute approximate surface area is 123 Å². The third kappa shape index (κ3) is 3.40. The largest absolute Gasteiger partial charge is 0.374 e. The number of hydrogen-bond donors (Lipinski definition) is 1. The van der Waals surface area contributed by atoms with Gasteiger partial charge in [0.05, 0.1) is 18.8 Å². The number of rotatable bonds is 5. The highest BCUT2D eigenvalue weighted by Crippen LogP contribution is 2.32. The zero-order valence-corrected chi connectivity index (χ0v) is 13.3. The maximum Gasteiger partial charge on any atom is 0.0896 e. The standard InChI is InChI=1S/C17H28N2O/c1-5-8-19-9-10-20-16(12-18-4)17(19)15-11-13(2)6-7-14(15)3/h6-7,11,16-18H,5,8-10,12H2,1-4H3. The number of morpholine rings is 1. The fourth-order valence-electron chi connectivity index (χ4n) is 3.17. The molecular weight excluding hydrogens is 248 g/mol. The second kappa shape index (κ2) is 7.21. The van der Waals surface area contributed by atoms with E-state index in [2.05, 4.69) is 49.2 Å². The van der Waals surface area contributed by atoms with Crippen molar-refractivity contribution in [1.82, 2.24) is 10.2 Å². The molecule has 0 aliphatic carbocycles. The average molecular weight is 276 g/mol. The highest BCUT2D eigenvalue weighted by atomic mass is 16.5. The molecule has 0 aromatic heterocycles. The lowest BCUT2D eigenvalue weighted by Crippen LogP contribution is -2.49. The van der Waals surface area contributed by atoms with Crippen LogP contribution in [-0.2, 0) is 4.74 Å². The second-order valence-corrected chi connectivity index (χ2v) is 5.81. The minimum Gasteiger partial charge on any atom is -0.374 e. The van der Waals surface area contributed by atoms with Crippen LogP contribution >= 0.6 is 0 Å². The van der Waals surface area contributed by atoms with Crippen LogP contribution in [-0.4, -0.2) is 44.3 Å². The Morgan fingerprint density at radius 3 is 2.85 bits per heavy atom. The van der Waals surface area contributed by atoms with E-state index in [0.717, 1.165) is 26.2 Å². The van der Waals surface area contributed by atoms with Crippen molar-refractivity contribution < 1.29 is 4.74 Å². The third-order valence-corrected chi connectivity index (χ3v) is 4.13. The normalized spacial score (nSPS) is 24.0. The molecule has 0 saturated carbocycles. The van der Waals surface area contributed by atoms with Crippen LogP contribution in [0, 0.1) is 13.8 Å². The molecule has 2 unspecified atom stereocenters. The van der Waals surface area contributed by atoms with Crippen LogP contribution in [0.3, 0.4) is 0 Å². The van der Waals surface area contributed by atoms with E-state index in [-0.39, 0.29) is 6.10 Å². The number of nitrogens with one attached hydrogen (secondary N) is 1. The van der Waals surface area contributed by atoms with Gasteiger partial charge >= 0.3 is 0 Å². The summed E-state index contributed by atoms with van der Waals surface area (Å²) >= 11 is 0. The topological polar surface area (TPSA) is 24.5 Å². The minimum absolute atomic E-state index is 0.237. The van der Waals surface area contributed by atoms with Crippen LogP contribution < -0.4 is 5.32 Å². The molecule has 2 atom stereocenters. The summed E-state index contributed by atoms with van der Waals surface area (Å²) < 4.78 is 6.05. The van der Waals surface area contributed by atoms with Gasteiger partial charge in [-0.1, -0.05) is 30.7 Å². The summed E-state index contributed by atoms with van der Waals surface area (Å²) in [7, 11) is 2.00. The number of ether oxygens (including phenoxy) is 1. The van der Waals surface area contributed by atoms with Crippen molar-refractivity contribution in [3.63, 3.8) is 0 Å². The molecule has 112 valence electrons. The molecule has 0 radical (unpaired) electrons. The van der Waals surface area contributed by atoms with Crippen LogP contribution in [0.25, 0.3) is 0 Å². The van der Waals surface area contributed by atoms with Crippen molar-refractivity contribution in [3.8, 4) is 0 Å². The molecule has 2 rings (SSSR count). The van der Waals surface area contributed by atoms with Gasteiger partial charge in [-0.15, -0.1) is 0 Å². The van der Waals surface area contributed by atoms with E-state index in [1.807, 2.05) is 7.05 Å². The Morgan fingerprint density at radius 2 is 2.15 bits per heavy atom. The van der Waals surface area contributed by atoms with E-state index < -0.39 is 0 Å². The van der Waals surface area contributed by atoms with E-state index in [4.69, 9.17) is 4.74 Å². The van der Waals surface area contributed by atoms with Crippen LogP contribution in [0.2, 0.25) is 0 Å². The molecule has 1 N–H and O–H groups in total. The van der Waals surface area contributed by atoms with Gasteiger partial charge in [0, 0.05) is 13.1 Å². The Bertz CT molecular complexity index is 415. The van der Waals surface area contributed by atoms with Crippen LogP contribution in [0.4, 0.5) is 0 Å². The van der Waals surface area contributed by atoms with Gasteiger partial charge < -0.3 is 10.1 Å². The molecule has 0 amide bonds. The zero-order valence-electron chi connectivity index (χ0n) is 13.3. The summed E-state index contributed by atoms with van der Waals surface area (Å²) in [6.07, 6.45) is 1.42. The molecule has 0 bridgehead atoms. The summed E-state index contributed by atoms with van der Waals surface area (Å²) in [4.78, 5) is 2.59. The summed E-state index contributed by atoms with van der Waals surface area (Å²) in [5, 5.41) is 3.28. The number of likely N-dealkylation sites (N-methyl/N-ethyl adjacent to an activating group) is 1. The fraction of sp³-hybridized carbons (Fsp3) is 0.647. The minimum atomic E-state index is 0.237. The van der Waals surface area contributed by atoms with Gasteiger partial charge in [0.15, 0.2) is 0 Å². The Balaban J connectivity index is 2.34. The molecule has 1 saturated heterocycles. The molecule has 1 aromatic rings. The second-order valence-electron chi connectivity index (χ2n) is 5.81. The molecule has 1 fully saturated rings. The lowest BCUT2D eigenvalue weighted by atomic mass is 9.92. The lowest BCUT2D eigenvalue weighted by Gasteiger charge is -2.42. The van der Waals surface area contributed by atoms with E-state index in [0.29, 0.717) is 6.04 Å². The summed E-state index contributed by atoms with van der Waals surface area (Å²) in [6.45, 7) is 10.6. The predicted octanol–water partition coefficient (Wildman–Crippen LogP) is 2.67. The third-order valence-electron chi connectivity index (χ3n) is 4.13. The molecule has 0 spiro atoms. The fourth-order valence-corrected chi connectivity index (χ4v) is 3.17. The summed E-state index contributed by atoms with van der Waals surface area (Å²) in [5.74, 6) is 0. The number of nitrogens with zero attached hydrogens (tertiary/aromatic N) is 1. The lowest BCUT2D eigenvalue weighted by molar-refractivity contribution is -0.0706. The Hall–Kier alpha value is -0.900. The molecule has 1 heterocycles. The van der Waals surface area contributed by atoms with Crippen molar-refractivity contribution in [2.24, 2.45) is 0 Å². The van der Waals surface area contributed by atoms with Gasteiger partial charge in [-0.2, -0.15) is 0 Å². The predicted molar refractivity (Wildman–Crippen MR) is 84.2 cm³/mol. The summed E-state index contributed by atoms with van der Waals surface area (Å²) in [6, 6.07) is 7.13. The number of hydrogen-bond acceptors (Lipinski definition) is 3. The highest BCUT2D eigenvalue weighted by Gasteiger charge is 2.33. The molecule has 1 aromatic carbocycles. The van der Waals surface area contributed by atoms with Crippen molar-refractivity contribution in [2.45, 2.75) is 39.3 Å². The highest BCUT2D eigenvalue weighted by molar-refractivity contribution is 5.34. The van der Waals surface area contributed by atoms with Crippen molar-refractivity contribution in [1.29, 1.82) is 0 Å². The summed E-state index contributed by atoms with van der Waals surface area (Å²) in [5.41, 5.74) is 4.13. The quantitative estimate of drug-likeness (QED) is 0.895. The van der Waals surface area contributed by atoms with E-state index in [9.17, 15) is 0 Å². The van der Waals surface area contributed by atoms with Crippen molar-refractivity contribution in [2.75, 3.05) is 33.3 Å². The Kier molecular flexibility index (Phi) is 5.58. The average Bonchev–Trinajstić information content (AvgIpc) is 2.43. The maximum absolute atomic E-state index is 6.05. The van der Waals surface area contributed by atoms with Gasteiger partial charge in [0.25, 0.3) is 0 Å². The monoisotopic (exact) mass is 276 g/mol. The molecule has 3 heteroatoms. The van der Waals surface area contributed by atoms with E-state index in [1.165, 1.54) is 23.1 Å².